The topological polar surface area (TPSA) is 25.8 Å². The van der Waals surface area contributed by atoms with E-state index in [1.807, 2.05) is 0 Å². The van der Waals surface area contributed by atoms with Gasteiger partial charge in [0, 0.05) is 22.8 Å². The maximum absolute atomic E-state index is 5.09. The maximum atomic E-state index is 5.09. The van der Waals surface area contributed by atoms with Crippen molar-refractivity contribution in [2.45, 2.75) is 47.0 Å². The Morgan fingerprint density at radius 1 is 0.774 bits per heavy atom. The minimum Gasteiger partial charge on any atom is -0.232 e. The quantitative estimate of drug-likeness (QED) is 0.286. The van der Waals surface area contributed by atoms with Gasteiger partial charge in [-0.05, 0) is 59.7 Å². The van der Waals surface area contributed by atoms with Crippen molar-refractivity contribution in [1.29, 1.82) is 0 Å². The van der Waals surface area contributed by atoms with Gasteiger partial charge < -0.3 is 0 Å². The normalized spacial score (nSPS) is 11.8. The van der Waals surface area contributed by atoms with Crippen LogP contribution in [0.1, 0.15) is 49.2 Å². The molecule has 5 rings (SSSR count). The van der Waals surface area contributed by atoms with Gasteiger partial charge in [0.25, 0.3) is 0 Å². The molecule has 4 aromatic carbocycles. The fourth-order valence-corrected chi connectivity index (χ4v) is 4.81. The molecule has 0 aliphatic heterocycles. The van der Waals surface area contributed by atoms with Crippen LogP contribution in [0.4, 0.5) is 0 Å². The fourth-order valence-electron chi connectivity index (χ4n) is 4.81. The third-order valence-electron chi connectivity index (χ3n) is 6.20. The highest BCUT2D eigenvalue weighted by Gasteiger charge is 2.17. The lowest BCUT2D eigenvalue weighted by Crippen LogP contribution is -2.00. The molecular weight excluding hydrogens is 376 g/mol. The zero-order valence-corrected chi connectivity index (χ0v) is 19.0. The molecule has 5 aromatic rings. The Balaban J connectivity index is 1.98. The molecule has 0 fully saturated rings. The van der Waals surface area contributed by atoms with Crippen LogP contribution < -0.4 is 0 Å². The van der Waals surface area contributed by atoms with Crippen molar-refractivity contribution in [3.8, 4) is 11.3 Å². The van der Waals surface area contributed by atoms with Crippen molar-refractivity contribution >= 4 is 32.4 Å². The zero-order chi connectivity index (χ0) is 21.7. The largest absolute Gasteiger partial charge is 0.232 e. The molecule has 0 amide bonds. The predicted molar refractivity (Wildman–Crippen MR) is 133 cm³/mol. The Morgan fingerprint density at radius 3 is 2.19 bits per heavy atom. The van der Waals surface area contributed by atoms with Crippen LogP contribution in [-0.4, -0.2) is 9.97 Å². The summed E-state index contributed by atoms with van der Waals surface area (Å²) in [6.45, 7) is 11.0. The molecule has 0 atom stereocenters. The Bertz CT molecular complexity index is 1440. The van der Waals surface area contributed by atoms with Crippen LogP contribution in [0.5, 0.6) is 0 Å². The van der Waals surface area contributed by atoms with Crippen molar-refractivity contribution < 1.29 is 0 Å². The first-order valence-electron chi connectivity index (χ1n) is 11.2. The molecule has 0 N–H and O–H groups in total. The summed E-state index contributed by atoms with van der Waals surface area (Å²) in [4.78, 5) is 10.1. The highest BCUT2D eigenvalue weighted by atomic mass is 14.9. The molecule has 31 heavy (non-hydrogen) atoms. The molecule has 154 valence electrons. The van der Waals surface area contributed by atoms with Crippen molar-refractivity contribution in [3.63, 3.8) is 0 Å². The van der Waals surface area contributed by atoms with E-state index in [0.29, 0.717) is 5.92 Å². The van der Waals surface area contributed by atoms with E-state index in [4.69, 9.17) is 9.97 Å². The molecule has 0 saturated carbocycles. The van der Waals surface area contributed by atoms with Crippen molar-refractivity contribution in [3.05, 3.63) is 83.2 Å². The number of hydrogen-bond donors (Lipinski definition) is 0. The van der Waals surface area contributed by atoms with Crippen LogP contribution in [0.25, 0.3) is 43.7 Å². The van der Waals surface area contributed by atoms with E-state index < -0.39 is 0 Å². The van der Waals surface area contributed by atoms with Crippen LogP contribution in [0, 0.1) is 13.8 Å². The third kappa shape index (κ3) is 3.27. The fraction of sp³-hybridized carbons (Fsp3) is 0.241. The number of aryl methyl sites for hydroxylation is 3. The van der Waals surface area contributed by atoms with Gasteiger partial charge in [-0.2, -0.15) is 0 Å². The van der Waals surface area contributed by atoms with Gasteiger partial charge in [0.1, 0.15) is 5.82 Å². The summed E-state index contributed by atoms with van der Waals surface area (Å²) >= 11 is 0. The Labute approximate surface area is 184 Å². The van der Waals surface area contributed by atoms with Crippen molar-refractivity contribution in [1.82, 2.24) is 9.97 Å². The summed E-state index contributed by atoms with van der Waals surface area (Å²) in [7, 11) is 0. The molecule has 1 heterocycles. The van der Waals surface area contributed by atoms with Gasteiger partial charge in [-0.25, -0.2) is 9.97 Å². The van der Waals surface area contributed by atoms with E-state index in [0.717, 1.165) is 28.8 Å². The van der Waals surface area contributed by atoms with E-state index in [-0.39, 0.29) is 0 Å². The molecule has 2 heteroatoms. The van der Waals surface area contributed by atoms with Gasteiger partial charge in [0.2, 0.25) is 0 Å². The van der Waals surface area contributed by atoms with E-state index in [2.05, 4.69) is 95.3 Å². The van der Waals surface area contributed by atoms with Gasteiger partial charge in [0.05, 0.1) is 11.2 Å². The number of benzene rings is 4. The smallest absolute Gasteiger partial charge is 0.129 e. The number of rotatable bonds is 3. The summed E-state index contributed by atoms with van der Waals surface area (Å²) in [6, 6.07) is 22.2. The lowest BCUT2D eigenvalue weighted by Gasteiger charge is -2.17. The average molecular weight is 405 g/mol. The summed E-state index contributed by atoms with van der Waals surface area (Å²) in [5, 5.41) is 6.26. The second-order valence-corrected chi connectivity index (χ2v) is 8.94. The molecular formula is C29H28N2. The highest BCUT2D eigenvalue weighted by molar-refractivity contribution is 6.19. The predicted octanol–water partition coefficient (Wildman–Crippen LogP) is 7.91. The minimum atomic E-state index is 0.405. The standard InChI is InChI=1S/C29H28N2/c1-6-26-30-28(21-14-18(4)13-19(5)15-21)24-12-11-23-22-10-8-7-9-20(22)16-25(17(2)3)27(23)29(24)31-26/h7-17H,6H2,1-5H3. The van der Waals surface area contributed by atoms with Crippen molar-refractivity contribution in [2.24, 2.45) is 0 Å². The molecule has 2 nitrogen and oxygen atoms in total. The second kappa shape index (κ2) is 7.46. The van der Waals surface area contributed by atoms with E-state index in [1.165, 1.54) is 43.8 Å². The molecule has 0 aliphatic rings. The first-order chi connectivity index (χ1) is 15.0. The second-order valence-electron chi connectivity index (χ2n) is 8.94. The summed E-state index contributed by atoms with van der Waals surface area (Å²) in [5.41, 5.74) is 7.16. The molecule has 0 radical (unpaired) electrons. The Hall–Kier alpha value is -3.26. The summed E-state index contributed by atoms with van der Waals surface area (Å²) in [5.74, 6) is 1.31. The number of hydrogen-bond acceptors (Lipinski definition) is 2. The van der Waals surface area contributed by atoms with Crippen LogP contribution in [-0.2, 0) is 6.42 Å². The molecule has 0 aliphatic carbocycles. The van der Waals surface area contributed by atoms with Crippen LogP contribution in [0.15, 0.2) is 60.7 Å². The monoisotopic (exact) mass is 404 g/mol. The number of aromatic nitrogens is 2. The lowest BCUT2D eigenvalue weighted by molar-refractivity contribution is 0.878. The first kappa shape index (κ1) is 19.7. The Kier molecular flexibility index (Phi) is 4.74. The van der Waals surface area contributed by atoms with E-state index in [1.54, 1.807) is 0 Å². The molecule has 1 aromatic heterocycles. The number of nitrogens with zero attached hydrogens (tertiary/aromatic N) is 2. The first-order valence-corrected chi connectivity index (χ1v) is 11.2. The van der Waals surface area contributed by atoms with Crippen LogP contribution in [0.3, 0.4) is 0 Å². The van der Waals surface area contributed by atoms with Gasteiger partial charge >= 0.3 is 0 Å². The van der Waals surface area contributed by atoms with Gasteiger partial charge in [-0.15, -0.1) is 0 Å². The SMILES string of the molecule is CCc1nc(-c2cc(C)cc(C)c2)c2ccc3c4ccccc4cc(C(C)C)c3c2n1. The van der Waals surface area contributed by atoms with Crippen LogP contribution >= 0.6 is 0 Å². The highest BCUT2D eigenvalue weighted by Crippen LogP contribution is 2.39. The molecule has 0 saturated heterocycles. The van der Waals surface area contributed by atoms with Gasteiger partial charge in [-0.1, -0.05) is 74.4 Å². The summed E-state index contributed by atoms with van der Waals surface area (Å²) < 4.78 is 0. The van der Waals surface area contributed by atoms with Crippen LogP contribution in [0.2, 0.25) is 0 Å². The molecule has 0 unspecified atom stereocenters. The van der Waals surface area contributed by atoms with E-state index in [9.17, 15) is 0 Å². The number of fused-ring (bicyclic) bond motifs is 5. The minimum absolute atomic E-state index is 0.405. The van der Waals surface area contributed by atoms with Crippen molar-refractivity contribution in [2.75, 3.05) is 0 Å². The Morgan fingerprint density at radius 2 is 1.48 bits per heavy atom. The molecule has 0 bridgehead atoms. The van der Waals surface area contributed by atoms with Gasteiger partial charge in [0.15, 0.2) is 0 Å². The molecule has 0 spiro atoms. The average Bonchev–Trinajstić information content (AvgIpc) is 2.76. The maximum Gasteiger partial charge on any atom is 0.129 e. The third-order valence-corrected chi connectivity index (χ3v) is 6.20. The zero-order valence-electron chi connectivity index (χ0n) is 19.0. The summed E-state index contributed by atoms with van der Waals surface area (Å²) in [6.07, 6.45) is 0.814. The van der Waals surface area contributed by atoms with E-state index >= 15 is 0 Å². The van der Waals surface area contributed by atoms with Gasteiger partial charge in [-0.3, -0.25) is 0 Å². The lowest BCUT2D eigenvalue weighted by atomic mass is 9.89.